The normalized spacial score (nSPS) is 20.4. The lowest BCUT2D eigenvalue weighted by Crippen LogP contribution is -2.36. The van der Waals surface area contributed by atoms with Gasteiger partial charge in [0.25, 0.3) is 0 Å². The first-order valence-corrected chi connectivity index (χ1v) is 9.38. The maximum atomic E-state index is 9.88. The number of amidine groups is 1. The Morgan fingerprint density at radius 3 is 2.89 bits per heavy atom. The predicted octanol–water partition coefficient (Wildman–Crippen LogP) is 3.82. The van der Waals surface area contributed by atoms with Crippen molar-refractivity contribution < 1.29 is 9.84 Å². The maximum absolute atomic E-state index is 9.88. The smallest absolute Gasteiger partial charge is 0.239 e. The number of hydrogen-bond donors (Lipinski definition) is 2. The molecule has 138 valence electrons. The molecule has 0 saturated carbocycles. The minimum atomic E-state index is -0.888. The summed E-state index contributed by atoms with van der Waals surface area (Å²) in [5.41, 5.74) is 5.24. The van der Waals surface area contributed by atoms with Crippen molar-refractivity contribution in [2.24, 2.45) is 4.99 Å². The highest BCUT2D eigenvalue weighted by atomic mass is 35.5. The number of nitrogens with one attached hydrogen (secondary N) is 1. The highest BCUT2D eigenvalue weighted by Crippen LogP contribution is 2.37. The van der Waals surface area contributed by atoms with Crippen molar-refractivity contribution in [3.63, 3.8) is 0 Å². The largest absolute Gasteiger partial charge is 0.353 e. The number of ether oxygens (including phenoxy) is 1. The maximum Gasteiger partial charge on any atom is 0.239 e. The fourth-order valence-electron chi connectivity index (χ4n) is 3.94. The van der Waals surface area contributed by atoms with Crippen molar-refractivity contribution >= 4 is 44.8 Å². The lowest BCUT2D eigenvalue weighted by Gasteiger charge is -2.24. The molecule has 1 fully saturated rings. The van der Waals surface area contributed by atoms with E-state index < -0.39 is 6.41 Å². The lowest BCUT2D eigenvalue weighted by molar-refractivity contribution is -0.111. The van der Waals surface area contributed by atoms with Crippen LogP contribution in [0.15, 0.2) is 35.6 Å². The van der Waals surface area contributed by atoms with E-state index in [4.69, 9.17) is 16.3 Å². The monoisotopic (exact) mass is 382 g/mol. The minimum absolute atomic E-state index is 0.522. The van der Waals surface area contributed by atoms with Gasteiger partial charge in [0.1, 0.15) is 5.84 Å². The van der Waals surface area contributed by atoms with Crippen LogP contribution in [0.5, 0.6) is 0 Å². The third-order valence-electron chi connectivity index (χ3n) is 5.31. The first-order valence-electron chi connectivity index (χ1n) is 9.01. The number of H-pyrrole nitrogens is 1. The van der Waals surface area contributed by atoms with Crippen LogP contribution in [-0.4, -0.2) is 45.4 Å². The summed E-state index contributed by atoms with van der Waals surface area (Å²) in [5.74, 6) is 0.860. The van der Waals surface area contributed by atoms with Crippen LogP contribution in [0, 0.1) is 6.92 Å². The number of fused-ring (bicyclic) bond motifs is 3. The van der Waals surface area contributed by atoms with Crippen LogP contribution < -0.4 is 0 Å². The number of nitrogens with zero attached hydrogens (tertiary/aromatic N) is 3. The lowest BCUT2D eigenvalue weighted by atomic mass is 9.97. The molecule has 0 spiro atoms. The fraction of sp³-hybridized carbons (Fsp3) is 0.300. The average molecular weight is 383 g/mol. The molecule has 27 heavy (non-hydrogen) atoms. The van der Waals surface area contributed by atoms with Gasteiger partial charge in [0.05, 0.1) is 23.3 Å². The Balaban J connectivity index is 1.63. The number of aliphatic imine (C=N–C) groups is 1. The van der Waals surface area contributed by atoms with Gasteiger partial charge >= 0.3 is 0 Å². The van der Waals surface area contributed by atoms with Crippen molar-refractivity contribution in [2.75, 3.05) is 13.2 Å². The molecule has 2 aromatic heterocycles. The molecule has 2 aliphatic rings. The van der Waals surface area contributed by atoms with Crippen LogP contribution >= 0.6 is 11.6 Å². The zero-order valence-electron chi connectivity index (χ0n) is 14.9. The molecule has 0 amide bonds. The van der Waals surface area contributed by atoms with Crippen molar-refractivity contribution in [2.45, 2.75) is 26.2 Å². The van der Waals surface area contributed by atoms with Gasteiger partial charge in [-0.15, -0.1) is 0 Å². The van der Waals surface area contributed by atoms with Gasteiger partial charge < -0.3 is 19.7 Å². The van der Waals surface area contributed by atoms with Gasteiger partial charge in [0.2, 0.25) is 6.41 Å². The number of aliphatic hydroxyl groups is 1. The van der Waals surface area contributed by atoms with Crippen molar-refractivity contribution in [3.05, 3.63) is 46.9 Å². The topological polar surface area (TPSA) is 73.7 Å². The highest BCUT2D eigenvalue weighted by molar-refractivity contribution is 6.32. The van der Waals surface area contributed by atoms with E-state index in [2.05, 4.69) is 15.0 Å². The second-order valence-corrected chi connectivity index (χ2v) is 7.35. The molecule has 0 radical (unpaired) electrons. The van der Waals surface area contributed by atoms with Crippen molar-refractivity contribution in [1.29, 1.82) is 0 Å². The van der Waals surface area contributed by atoms with Gasteiger partial charge in [-0.1, -0.05) is 11.6 Å². The van der Waals surface area contributed by atoms with Gasteiger partial charge in [-0.05, 0) is 37.1 Å². The van der Waals surface area contributed by atoms with Crippen LogP contribution in [0.1, 0.15) is 24.1 Å². The predicted molar refractivity (Wildman–Crippen MR) is 107 cm³/mol. The van der Waals surface area contributed by atoms with E-state index in [1.54, 1.807) is 4.90 Å². The van der Waals surface area contributed by atoms with Crippen LogP contribution in [0.4, 0.5) is 0 Å². The Morgan fingerprint density at radius 2 is 2.15 bits per heavy atom. The summed E-state index contributed by atoms with van der Waals surface area (Å²) in [5, 5.41) is 12.8. The van der Waals surface area contributed by atoms with Crippen molar-refractivity contribution in [1.82, 2.24) is 14.9 Å². The minimum Gasteiger partial charge on any atom is -0.353 e. The van der Waals surface area contributed by atoms with E-state index in [1.807, 2.05) is 37.5 Å². The quantitative estimate of drug-likeness (QED) is 0.671. The van der Waals surface area contributed by atoms with E-state index >= 15 is 0 Å². The third kappa shape index (κ3) is 2.72. The van der Waals surface area contributed by atoms with E-state index in [1.165, 1.54) is 0 Å². The number of halogens is 1. The van der Waals surface area contributed by atoms with Gasteiger partial charge in [0, 0.05) is 46.7 Å². The Hall–Kier alpha value is -2.41. The van der Waals surface area contributed by atoms with Crippen molar-refractivity contribution in [3.8, 4) is 0 Å². The van der Waals surface area contributed by atoms with Gasteiger partial charge in [-0.25, -0.2) is 4.99 Å². The second kappa shape index (κ2) is 6.34. The summed E-state index contributed by atoms with van der Waals surface area (Å²) in [6.07, 6.45) is 4.39. The summed E-state index contributed by atoms with van der Waals surface area (Å²) in [7, 11) is 0. The van der Waals surface area contributed by atoms with Crippen LogP contribution in [0.2, 0.25) is 5.02 Å². The van der Waals surface area contributed by atoms with E-state index in [0.717, 1.165) is 57.3 Å². The number of aliphatic hydroxyl groups excluding tert-OH is 1. The molecule has 4 heterocycles. The molecule has 7 heteroatoms. The molecule has 2 aliphatic heterocycles. The molecule has 3 aromatic rings. The summed E-state index contributed by atoms with van der Waals surface area (Å²) < 4.78 is 5.20. The average Bonchev–Trinajstić information content (AvgIpc) is 3.26. The Morgan fingerprint density at radius 1 is 1.26 bits per heavy atom. The number of benzene rings is 1. The number of aromatic amines is 1. The first kappa shape index (κ1) is 16.7. The first-order chi connectivity index (χ1) is 13.1. The van der Waals surface area contributed by atoms with E-state index in [9.17, 15) is 5.11 Å². The number of aromatic nitrogens is 2. The Kier molecular flexibility index (Phi) is 3.93. The number of rotatable bonds is 1. The molecule has 2 N–H and O–H groups in total. The zero-order chi connectivity index (χ0) is 18.5. The third-order valence-corrected chi connectivity index (χ3v) is 5.53. The number of allylic oxidation sites excluding steroid dienone is 1. The standard InChI is InChI=1S/C20H19ClN4O2/c1-11-18-14(4-5-22-11)16-9-13(21)8-15(19(16)24-18)12-2-3-17(23-10-12)25-6-7-27-20(25)26/h4-5,8-10,20,24,26H,2-3,6-7H2,1H3. The summed E-state index contributed by atoms with van der Waals surface area (Å²) >= 11 is 6.44. The number of pyridine rings is 1. The van der Waals surface area contributed by atoms with Gasteiger partial charge in [0.15, 0.2) is 0 Å². The molecular formula is C20H19ClN4O2. The molecule has 1 unspecified atom stereocenters. The SMILES string of the molecule is Cc1nccc2c1[nH]c1c(C3=CN=C(N4CCOC4O)CC3)cc(Cl)cc12. The van der Waals surface area contributed by atoms with Crippen LogP contribution in [-0.2, 0) is 4.74 Å². The van der Waals surface area contributed by atoms with Gasteiger partial charge in [-0.3, -0.25) is 4.98 Å². The van der Waals surface area contributed by atoms with Gasteiger partial charge in [-0.2, -0.15) is 0 Å². The molecule has 1 atom stereocenters. The molecular weight excluding hydrogens is 364 g/mol. The molecule has 1 aromatic carbocycles. The molecule has 6 nitrogen and oxygen atoms in total. The summed E-state index contributed by atoms with van der Waals surface area (Å²) in [6.45, 7) is 3.19. The zero-order valence-corrected chi connectivity index (χ0v) is 15.6. The summed E-state index contributed by atoms with van der Waals surface area (Å²) in [6, 6.07) is 6.00. The fourth-order valence-corrected chi connectivity index (χ4v) is 4.16. The van der Waals surface area contributed by atoms with E-state index in [0.29, 0.717) is 18.2 Å². The van der Waals surface area contributed by atoms with E-state index in [-0.39, 0.29) is 0 Å². The molecule has 0 bridgehead atoms. The number of aryl methyl sites for hydroxylation is 1. The Bertz CT molecular complexity index is 1120. The van der Waals surface area contributed by atoms with Crippen LogP contribution in [0.3, 0.4) is 0 Å². The van der Waals surface area contributed by atoms with Crippen LogP contribution in [0.25, 0.3) is 27.4 Å². The molecule has 5 rings (SSSR count). The summed E-state index contributed by atoms with van der Waals surface area (Å²) in [4.78, 5) is 14.3. The Labute approximate surface area is 161 Å². The molecule has 1 saturated heterocycles. The second-order valence-electron chi connectivity index (χ2n) is 6.91. The molecule has 0 aliphatic carbocycles. The number of hydrogen-bond acceptors (Lipinski definition) is 5. The highest BCUT2D eigenvalue weighted by Gasteiger charge is 2.27.